The number of hydrogen-bond donors (Lipinski definition) is 1. The van der Waals surface area contributed by atoms with Crippen molar-refractivity contribution in [3.63, 3.8) is 0 Å². The monoisotopic (exact) mass is 612 g/mol. The van der Waals surface area contributed by atoms with Crippen LogP contribution in [0.25, 0.3) is 33.4 Å². The number of carbonyl (C=O) groups is 1. The molecule has 1 aliphatic carbocycles. The second kappa shape index (κ2) is 10.3. The molecular weight excluding hydrogens is 583 g/mol. The first-order valence-corrected chi connectivity index (χ1v) is 15.8. The summed E-state index contributed by atoms with van der Waals surface area (Å²) < 4.78 is 20.7. The average molecular weight is 613 g/mol. The summed E-state index contributed by atoms with van der Waals surface area (Å²) in [6.45, 7) is 0.676. The first kappa shape index (κ1) is 27.0. The van der Waals surface area contributed by atoms with Gasteiger partial charge in [-0.1, -0.05) is 47.6 Å². The number of rotatable bonds is 6. The minimum absolute atomic E-state index is 0.0597. The van der Waals surface area contributed by atoms with Crippen LogP contribution >= 0.6 is 0 Å². The fraction of sp³-hybridized carbons (Fsp3) is 0.250. The highest BCUT2D eigenvalue weighted by Gasteiger charge is 2.44. The number of benzene rings is 3. The van der Waals surface area contributed by atoms with Gasteiger partial charge in [0.05, 0.1) is 40.1 Å². The molecule has 1 amide bonds. The summed E-state index contributed by atoms with van der Waals surface area (Å²) in [5.41, 5.74) is 8.54. The number of aromatic amines is 1. The van der Waals surface area contributed by atoms with Crippen LogP contribution in [0.5, 0.6) is 0 Å². The number of pyridine rings is 1. The molecule has 0 saturated carbocycles. The van der Waals surface area contributed by atoms with Gasteiger partial charge in [0.25, 0.3) is 5.91 Å². The highest BCUT2D eigenvalue weighted by molar-refractivity contribution is 6.08. The smallest absolute Gasteiger partial charge is 0.330 e. The van der Waals surface area contributed by atoms with E-state index < -0.39 is 5.76 Å². The Morgan fingerprint density at radius 3 is 2.65 bits per heavy atom. The summed E-state index contributed by atoms with van der Waals surface area (Å²) in [6.07, 6.45) is 6.93. The quantitative estimate of drug-likeness (QED) is 0.240. The number of nitrogens with one attached hydrogen (secondary N) is 1. The Morgan fingerprint density at radius 2 is 1.80 bits per heavy atom. The molecule has 9 nitrogen and oxygen atoms in total. The molecule has 2 aliphatic heterocycles. The number of hydrogen-bond acceptors (Lipinski definition) is 6. The SMILES string of the molecule is O=C1c2c(nc(CCc3ccc(F)cc3)c(-c3noc(=O)[nH]3)c2-c2ccc3nn([C@H]4CCc5ccccc54)cc3c2)[C@H]2CCCN12. The lowest BCUT2D eigenvalue weighted by Gasteiger charge is -2.17. The number of aromatic nitrogens is 5. The van der Waals surface area contributed by atoms with Gasteiger partial charge in [-0.25, -0.2) is 9.18 Å². The van der Waals surface area contributed by atoms with E-state index in [2.05, 4.69) is 51.4 Å². The third kappa shape index (κ3) is 4.23. The van der Waals surface area contributed by atoms with Crippen LogP contribution in [0, 0.1) is 5.82 Å². The minimum Gasteiger partial charge on any atom is -0.330 e. The van der Waals surface area contributed by atoms with Crippen molar-refractivity contribution < 1.29 is 13.7 Å². The topological polar surface area (TPSA) is 110 Å². The van der Waals surface area contributed by atoms with Crippen LogP contribution < -0.4 is 5.76 Å². The predicted octanol–water partition coefficient (Wildman–Crippen LogP) is 6.19. The lowest BCUT2D eigenvalue weighted by atomic mass is 9.89. The van der Waals surface area contributed by atoms with E-state index in [9.17, 15) is 14.0 Å². The summed E-state index contributed by atoms with van der Waals surface area (Å²) in [4.78, 5) is 36.1. The van der Waals surface area contributed by atoms with Gasteiger partial charge in [-0.05, 0) is 85.0 Å². The first-order valence-electron chi connectivity index (χ1n) is 15.8. The Balaban J connectivity index is 1.23. The van der Waals surface area contributed by atoms with E-state index in [1.54, 1.807) is 12.1 Å². The van der Waals surface area contributed by atoms with Crippen molar-refractivity contribution >= 4 is 16.8 Å². The van der Waals surface area contributed by atoms with E-state index in [1.807, 2.05) is 17.0 Å². The number of halogens is 1. The van der Waals surface area contributed by atoms with Crippen LogP contribution in [0.2, 0.25) is 0 Å². The zero-order valence-corrected chi connectivity index (χ0v) is 24.9. The van der Waals surface area contributed by atoms with Crippen molar-refractivity contribution in [3.8, 4) is 22.5 Å². The molecule has 228 valence electrons. The van der Waals surface area contributed by atoms with Crippen molar-refractivity contribution in [3.05, 3.63) is 123 Å². The Labute approximate surface area is 262 Å². The molecule has 6 aromatic rings. The maximum Gasteiger partial charge on any atom is 0.439 e. The number of H-pyrrole nitrogens is 1. The summed E-state index contributed by atoms with van der Waals surface area (Å²) in [5, 5.41) is 10.00. The molecule has 0 bridgehead atoms. The largest absolute Gasteiger partial charge is 0.439 e. The third-order valence-electron chi connectivity index (χ3n) is 9.82. The van der Waals surface area contributed by atoms with Gasteiger partial charge in [-0.15, -0.1) is 0 Å². The number of carbonyl (C=O) groups excluding carboxylic acids is 1. The third-order valence-corrected chi connectivity index (χ3v) is 9.82. The van der Waals surface area contributed by atoms with Crippen LogP contribution in [0.4, 0.5) is 4.39 Å². The minimum atomic E-state index is -0.688. The molecule has 0 unspecified atom stereocenters. The van der Waals surface area contributed by atoms with Crippen molar-refractivity contribution in [1.82, 2.24) is 29.8 Å². The highest BCUT2D eigenvalue weighted by atomic mass is 19.1. The van der Waals surface area contributed by atoms with Crippen molar-refractivity contribution in [1.29, 1.82) is 0 Å². The van der Waals surface area contributed by atoms with Gasteiger partial charge in [-0.3, -0.25) is 24.0 Å². The van der Waals surface area contributed by atoms with Crippen molar-refractivity contribution in [2.75, 3.05) is 6.54 Å². The van der Waals surface area contributed by atoms with Crippen LogP contribution in [0.3, 0.4) is 0 Å². The average Bonchev–Trinajstić information content (AvgIpc) is 3.90. The molecule has 1 fully saturated rings. The molecule has 9 rings (SSSR count). The molecule has 5 heterocycles. The normalized spacial score (nSPS) is 18.4. The van der Waals surface area contributed by atoms with E-state index in [-0.39, 0.29) is 29.6 Å². The van der Waals surface area contributed by atoms with E-state index in [0.717, 1.165) is 53.4 Å². The van der Waals surface area contributed by atoms with Gasteiger partial charge in [0, 0.05) is 23.7 Å². The van der Waals surface area contributed by atoms with Crippen molar-refractivity contribution in [2.45, 2.75) is 50.6 Å². The number of aryl methyl sites for hydroxylation is 3. The van der Waals surface area contributed by atoms with Gasteiger partial charge >= 0.3 is 5.76 Å². The molecule has 2 atom stereocenters. The Kier molecular flexibility index (Phi) is 6.06. The Bertz CT molecular complexity index is 2230. The van der Waals surface area contributed by atoms with Gasteiger partial charge in [0.2, 0.25) is 0 Å². The molecule has 1 saturated heterocycles. The van der Waals surface area contributed by atoms with Crippen LogP contribution in [0.15, 0.2) is 82.2 Å². The molecule has 3 aliphatic rings. The maximum atomic E-state index is 14.1. The zero-order chi connectivity index (χ0) is 30.9. The van der Waals surface area contributed by atoms with E-state index in [1.165, 1.54) is 23.3 Å². The standard InChI is InChI=1S/C36H29FN6O3/c37-24-12-7-20(8-13-24)9-14-27-31(34-39-36(45)46-41-34)30(32-33(38-27)29-6-3-17-42(29)35(32)44)22-10-15-26-23(18-22)19-43(40-26)28-16-11-21-4-1-2-5-25(21)28/h1-2,4-5,7-8,10,12-13,15,18-19,28-29H,3,6,9,11,14,16-17H2,(H,39,41,45)/t28-,29+/m0/s1. The molecule has 0 radical (unpaired) electrons. The Morgan fingerprint density at radius 1 is 0.935 bits per heavy atom. The predicted molar refractivity (Wildman–Crippen MR) is 169 cm³/mol. The summed E-state index contributed by atoms with van der Waals surface area (Å²) in [6, 6.07) is 21.1. The van der Waals surface area contributed by atoms with Crippen LogP contribution in [0.1, 0.15) is 69.8 Å². The first-order chi connectivity index (χ1) is 22.5. The number of fused-ring (bicyclic) bond motifs is 5. The lowest BCUT2D eigenvalue weighted by molar-refractivity contribution is 0.0776. The lowest BCUT2D eigenvalue weighted by Crippen LogP contribution is -2.23. The Hall–Kier alpha value is -5.38. The van der Waals surface area contributed by atoms with Gasteiger partial charge in [0.1, 0.15) is 5.82 Å². The summed E-state index contributed by atoms with van der Waals surface area (Å²) >= 11 is 0. The molecular formula is C36H29FN6O3. The molecule has 3 aromatic heterocycles. The summed E-state index contributed by atoms with van der Waals surface area (Å²) in [5.74, 6) is -0.817. The van der Waals surface area contributed by atoms with E-state index in [4.69, 9.17) is 14.6 Å². The van der Waals surface area contributed by atoms with Crippen LogP contribution in [-0.2, 0) is 19.3 Å². The van der Waals surface area contributed by atoms with Gasteiger partial charge in [0.15, 0.2) is 5.82 Å². The van der Waals surface area contributed by atoms with Gasteiger partial charge < -0.3 is 4.90 Å². The van der Waals surface area contributed by atoms with Crippen LogP contribution in [-0.4, -0.2) is 42.3 Å². The van der Waals surface area contributed by atoms with E-state index in [0.29, 0.717) is 41.8 Å². The second-order valence-corrected chi connectivity index (χ2v) is 12.4. The molecule has 46 heavy (non-hydrogen) atoms. The molecule has 1 N–H and O–H groups in total. The summed E-state index contributed by atoms with van der Waals surface area (Å²) in [7, 11) is 0. The van der Waals surface area contributed by atoms with E-state index >= 15 is 0 Å². The zero-order valence-electron chi connectivity index (χ0n) is 24.9. The van der Waals surface area contributed by atoms with Gasteiger partial charge in [-0.2, -0.15) is 5.10 Å². The number of nitrogens with zero attached hydrogens (tertiary/aromatic N) is 5. The second-order valence-electron chi connectivity index (χ2n) is 12.4. The fourth-order valence-electron chi connectivity index (χ4n) is 7.70. The van der Waals surface area contributed by atoms with Crippen molar-refractivity contribution in [2.24, 2.45) is 0 Å². The molecule has 3 aromatic carbocycles. The molecule has 10 heteroatoms. The number of amides is 1. The fourth-order valence-corrected chi connectivity index (χ4v) is 7.70. The highest BCUT2D eigenvalue weighted by Crippen LogP contribution is 2.48. The molecule has 0 spiro atoms. The maximum absolute atomic E-state index is 14.1.